The van der Waals surface area contributed by atoms with Crippen molar-refractivity contribution in [3.8, 4) is 11.4 Å². The molecule has 1 aromatic carbocycles. The molecule has 0 spiro atoms. The summed E-state index contributed by atoms with van der Waals surface area (Å²) >= 11 is 7.55. The SMILES string of the molecule is O=S(=O)(c1cccc(Cl)c1)N1CCC[C@@H](Nc2nccc(-c3cnc4sccn34)n2)C1. The highest BCUT2D eigenvalue weighted by Crippen LogP contribution is 2.25. The van der Waals surface area contributed by atoms with E-state index in [1.165, 1.54) is 10.4 Å². The van der Waals surface area contributed by atoms with Crippen molar-refractivity contribution in [2.75, 3.05) is 18.4 Å². The highest BCUT2D eigenvalue weighted by Gasteiger charge is 2.30. The van der Waals surface area contributed by atoms with Gasteiger partial charge in [0.15, 0.2) is 4.96 Å². The van der Waals surface area contributed by atoms with E-state index in [0.29, 0.717) is 24.1 Å². The maximum atomic E-state index is 13.0. The minimum atomic E-state index is -3.61. The Morgan fingerprint density at radius 1 is 1.23 bits per heavy atom. The van der Waals surface area contributed by atoms with Gasteiger partial charge in [-0.1, -0.05) is 17.7 Å². The normalized spacial score (nSPS) is 17.8. The van der Waals surface area contributed by atoms with Gasteiger partial charge in [0, 0.05) is 41.9 Å². The average Bonchev–Trinajstić information content (AvgIpc) is 3.38. The van der Waals surface area contributed by atoms with Gasteiger partial charge in [-0.2, -0.15) is 4.31 Å². The topological polar surface area (TPSA) is 92.5 Å². The molecule has 1 aliphatic rings. The Hall–Kier alpha value is -2.53. The first-order valence-electron chi connectivity index (χ1n) is 9.77. The molecule has 31 heavy (non-hydrogen) atoms. The Morgan fingerprint density at radius 2 is 2.13 bits per heavy atom. The molecule has 1 N–H and O–H groups in total. The number of nitrogens with one attached hydrogen (secondary N) is 1. The van der Waals surface area contributed by atoms with Crippen molar-refractivity contribution in [1.29, 1.82) is 0 Å². The van der Waals surface area contributed by atoms with Crippen LogP contribution in [0.25, 0.3) is 16.3 Å². The summed E-state index contributed by atoms with van der Waals surface area (Å²) in [5.41, 5.74) is 1.64. The Morgan fingerprint density at radius 3 is 3.00 bits per heavy atom. The molecule has 3 aromatic heterocycles. The molecule has 1 fully saturated rings. The summed E-state index contributed by atoms with van der Waals surface area (Å²) in [7, 11) is -3.61. The van der Waals surface area contributed by atoms with Gasteiger partial charge in [0.2, 0.25) is 16.0 Å². The number of rotatable bonds is 5. The number of thiazole rings is 1. The third-order valence-electron chi connectivity index (χ3n) is 5.22. The summed E-state index contributed by atoms with van der Waals surface area (Å²) in [6.07, 6.45) is 7.01. The number of hydrogen-bond acceptors (Lipinski definition) is 7. The Balaban J connectivity index is 1.34. The van der Waals surface area contributed by atoms with E-state index in [2.05, 4.69) is 20.3 Å². The highest BCUT2D eigenvalue weighted by atomic mass is 35.5. The zero-order valence-electron chi connectivity index (χ0n) is 16.3. The third kappa shape index (κ3) is 4.03. The predicted molar refractivity (Wildman–Crippen MR) is 121 cm³/mol. The van der Waals surface area contributed by atoms with Crippen LogP contribution in [-0.4, -0.2) is 51.2 Å². The van der Waals surface area contributed by atoms with E-state index < -0.39 is 10.0 Å². The van der Waals surface area contributed by atoms with Crippen LogP contribution in [0.15, 0.2) is 59.2 Å². The molecule has 1 atom stereocenters. The average molecular weight is 475 g/mol. The Bertz CT molecular complexity index is 1340. The maximum absolute atomic E-state index is 13.0. The van der Waals surface area contributed by atoms with Crippen molar-refractivity contribution in [1.82, 2.24) is 23.7 Å². The first kappa shape index (κ1) is 20.4. The van der Waals surface area contributed by atoms with Crippen LogP contribution < -0.4 is 5.32 Å². The van der Waals surface area contributed by atoms with Gasteiger partial charge in [-0.15, -0.1) is 11.3 Å². The van der Waals surface area contributed by atoms with Gasteiger partial charge >= 0.3 is 0 Å². The van der Waals surface area contributed by atoms with E-state index in [1.807, 2.05) is 22.0 Å². The number of sulfonamides is 1. The lowest BCUT2D eigenvalue weighted by Crippen LogP contribution is -2.45. The summed E-state index contributed by atoms with van der Waals surface area (Å²) in [5, 5.41) is 5.68. The summed E-state index contributed by atoms with van der Waals surface area (Å²) < 4.78 is 29.6. The number of aromatic nitrogens is 4. The van der Waals surface area contributed by atoms with Crippen LogP contribution in [0.5, 0.6) is 0 Å². The molecule has 0 amide bonds. The quantitative estimate of drug-likeness (QED) is 0.473. The number of hydrogen-bond donors (Lipinski definition) is 1. The molecule has 1 aliphatic heterocycles. The summed E-state index contributed by atoms with van der Waals surface area (Å²) in [4.78, 5) is 14.5. The lowest BCUT2D eigenvalue weighted by molar-refractivity contribution is 0.326. The first-order valence-corrected chi connectivity index (χ1v) is 12.5. The van der Waals surface area contributed by atoms with Gasteiger partial charge in [0.05, 0.1) is 22.5 Å². The molecule has 4 aromatic rings. The third-order valence-corrected chi connectivity index (χ3v) is 8.08. The van der Waals surface area contributed by atoms with E-state index in [4.69, 9.17) is 11.6 Å². The second-order valence-electron chi connectivity index (χ2n) is 7.27. The van der Waals surface area contributed by atoms with Crippen molar-refractivity contribution >= 4 is 43.9 Å². The number of imidazole rings is 1. The van der Waals surface area contributed by atoms with Crippen LogP contribution in [-0.2, 0) is 10.0 Å². The van der Waals surface area contributed by atoms with Crippen molar-refractivity contribution in [2.45, 2.75) is 23.8 Å². The lowest BCUT2D eigenvalue weighted by Gasteiger charge is -2.32. The van der Waals surface area contributed by atoms with Crippen LogP contribution in [0.2, 0.25) is 5.02 Å². The first-order chi connectivity index (χ1) is 15.0. The van der Waals surface area contributed by atoms with Gasteiger partial charge in [-0.25, -0.2) is 23.4 Å². The second-order valence-corrected chi connectivity index (χ2v) is 10.5. The molecule has 0 bridgehead atoms. The molecule has 0 saturated carbocycles. The van der Waals surface area contributed by atoms with Crippen molar-refractivity contribution < 1.29 is 8.42 Å². The predicted octanol–water partition coefficient (Wildman–Crippen LogP) is 3.77. The molecule has 0 unspecified atom stereocenters. The van der Waals surface area contributed by atoms with Gasteiger partial charge in [0.1, 0.15) is 0 Å². The lowest BCUT2D eigenvalue weighted by atomic mass is 10.1. The fraction of sp³-hybridized carbons (Fsp3) is 0.250. The smallest absolute Gasteiger partial charge is 0.243 e. The molecule has 0 aliphatic carbocycles. The van der Waals surface area contributed by atoms with Crippen LogP contribution in [0, 0.1) is 0 Å². The van der Waals surface area contributed by atoms with Gasteiger partial charge < -0.3 is 5.32 Å². The standard InChI is InChI=1S/C20H19ClN6O2S2/c21-14-3-1-5-16(11-14)31(28,29)26-8-2-4-15(13-26)24-19-22-7-6-17(25-19)18-12-23-20-27(18)9-10-30-20/h1,3,5-7,9-12,15H,2,4,8,13H2,(H,22,24,25)/t15-/m1/s1. The largest absolute Gasteiger partial charge is 0.350 e. The number of benzene rings is 1. The van der Waals surface area contributed by atoms with E-state index >= 15 is 0 Å². The fourth-order valence-corrected chi connectivity index (χ4v) is 6.24. The molecule has 4 heterocycles. The monoisotopic (exact) mass is 474 g/mol. The molecule has 1 saturated heterocycles. The molecule has 8 nitrogen and oxygen atoms in total. The Kier molecular flexibility index (Phi) is 5.39. The van der Waals surface area contributed by atoms with E-state index in [0.717, 1.165) is 29.2 Å². The van der Waals surface area contributed by atoms with Gasteiger partial charge in [-0.3, -0.25) is 4.40 Å². The van der Waals surface area contributed by atoms with Gasteiger partial charge in [-0.05, 0) is 37.1 Å². The fourth-order valence-electron chi connectivity index (χ4n) is 3.73. The molecule has 160 valence electrons. The Labute approximate surface area is 188 Å². The van der Waals surface area contributed by atoms with E-state index in [1.54, 1.807) is 41.9 Å². The van der Waals surface area contributed by atoms with Crippen molar-refractivity contribution in [2.24, 2.45) is 0 Å². The zero-order valence-corrected chi connectivity index (χ0v) is 18.7. The van der Waals surface area contributed by atoms with Crippen LogP contribution in [0.1, 0.15) is 12.8 Å². The number of fused-ring (bicyclic) bond motifs is 1. The summed E-state index contributed by atoms with van der Waals surface area (Å²) in [5.74, 6) is 0.467. The number of anilines is 1. The number of halogens is 1. The highest BCUT2D eigenvalue weighted by molar-refractivity contribution is 7.89. The zero-order chi connectivity index (χ0) is 21.4. The molecule has 0 radical (unpaired) electrons. The van der Waals surface area contributed by atoms with Crippen LogP contribution in [0.3, 0.4) is 0 Å². The number of nitrogens with zero attached hydrogens (tertiary/aromatic N) is 5. The van der Waals surface area contributed by atoms with Crippen molar-refractivity contribution in [3.63, 3.8) is 0 Å². The summed E-state index contributed by atoms with van der Waals surface area (Å²) in [6, 6.07) is 8.11. The second kappa shape index (κ2) is 8.19. The van der Waals surface area contributed by atoms with E-state index in [9.17, 15) is 8.42 Å². The van der Waals surface area contributed by atoms with Crippen molar-refractivity contribution in [3.05, 3.63) is 59.3 Å². The van der Waals surface area contributed by atoms with E-state index in [-0.39, 0.29) is 10.9 Å². The van der Waals surface area contributed by atoms with Gasteiger partial charge in [0.25, 0.3) is 0 Å². The number of piperidine rings is 1. The molecular weight excluding hydrogens is 456 g/mol. The van der Waals surface area contributed by atoms with Crippen LogP contribution >= 0.6 is 22.9 Å². The molecular formula is C20H19ClN6O2S2. The minimum Gasteiger partial charge on any atom is -0.350 e. The molecule has 11 heteroatoms. The van der Waals surface area contributed by atoms with Crippen LogP contribution in [0.4, 0.5) is 5.95 Å². The molecule has 5 rings (SSSR count). The summed E-state index contributed by atoms with van der Waals surface area (Å²) in [6.45, 7) is 0.809. The minimum absolute atomic E-state index is 0.0930. The maximum Gasteiger partial charge on any atom is 0.243 e.